The van der Waals surface area contributed by atoms with Gasteiger partial charge in [0.05, 0.1) is 21.7 Å². The Morgan fingerprint density at radius 1 is 1.03 bits per heavy atom. The van der Waals surface area contributed by atoms with Gasteiger partial charge in [-0.2, -0.15) is 0 Å². The number of amides is 1. The van der Waals surface area contributed by atoms with Crippen molar-refractivity contribution < 1.29 is 4.79 Å². The minimum absolute atomic E-state index is 0.0194. The largest absolute Gasteiger partial charge is 0.323 e. The minimum Gasteiger partial charge on any atom is -0.323 e. The summed E-state index contributed by atoms with van der Waals surface area (Å²) in [6.07, 6.45) is 0.433. The fraction of sp³-hybridized carbons (Fsp3) is 0.200. The highest BCUT2D eigenvalue weighted by Crippen LogP contribution is 2.36. The van der Waals surface area contributed by atoms with E-state index in [0.717, 1.165) is 29.1 Å². The lowest BCUT2D eigenvalue weighted by Gasteiger charge is -2.18. The van der Waals surface area contributed by atoms with Crippen molar-refractivity contribution in [3.05, 3.63) is 94.8 Å². The first kappa shape index (κ1) is 18.9. The van der Waals surface area contributed by atoms with Crippen LogP contribution in [0.2, 0.25) is 5.02 Å². The number of anilines is 1. The molecule has 1 aromatic heterocycles. The summed E-state index contributed by atoms with van der Waals surface area (Å²) in [6, 6.07) is 24.2. The van der Waals surface area contributed by atoms with Gasteiger partial charge in [-0.3, -0.25) is 4.79 Å². The summed E-state index contributed by atoms with van der Waals surface area (Å²) in [7, 11) is 0. The number of fused-ring (bicyclic) bond motifs is 1. The topological polar surface area (TPSA) is 38.1 Å². The first-order valence-electron chi connectivity index (χ1n) is 10.2. The van der Waals surface area contributed by atoms with Gasteiger partial charge in [-0.1, -0.05) is 65.7 Å². The van der Waals surface area contributed by atoms with Crippen molar-refractivity contribution in [1.29, 1.82) is 0 Å². The second-order valence-corrected chi connectivity index (χ2v) is 8.30. The number of rotatable bonds is 4. The molecule has 30 heavy (non-hydrogen) atoms. The van der Waals surface area contributed by atoms with E-state index in [-0.39, 0.29) is 11.8 Å². The highest BCUT2D eigenvalue weighted by Gasteiger charge is 2.35. The van der Waals surface area contributed by atoms with Crippen molar-refractivity contribution in [1.82, 2.24) is 9.55 Å². The Morgan fingerprint density at radius 2 is 1.83 bits per heavy atom. The SMILES string of the molecule is Cc1cccc(Cn2c([C@H]3CC(=O)N(c4ccccc4Cl)C3)nc3ccccc32)c1. The summed E-state index contributed by atoms with van der Waals surface area (Å²) in [5, 5.41) is 0.597. The number of hydrogen-bond acceptors (Lipinski definition) is 2. The summed E-state index contributed by atoms with van der Waals surface area (Å²) >= 11 is 6.37. The third-order valence-corrected chi connectivity index (χ3v) is 6.06. The highest BCUT2D eigenvalue weighted by atomic mass is 35.5. The second-order valence-electron chi connectivity index (χ2n) is 7.89. The fourth-order valence-corrected chi connectivity index (χ4v) is 4.59. The number of carbonyl (C=O) groups excluding carboxylic acids is 1. The van der Waals surface area contributed by atoms with E-state index >= 15 is 0 Å². The lowest BCUT2D eigenvalue weighted by molar-refractivity contribution is -0.117. The van der Waals surface area contributed by atoms with E-state index in [9.17, 15) is 4.79 Å². The van der Waals surface area contributed by atoms with E-state index in [1.165, 1.54) is 11.1 Å². The molecule has 1 fully saturated rings. The predicted molar refractivity (Wildman–Crippen MR) is 121 cm³/mol. The monoisotopic (exact) mass is 415 g/mol. The average Bonchev–Trinajstić information content (AvgIpc) is 3.29. The number of halogens is 1. The van der Waals surface area contributed by atoms with Crippen LogP contribution in [0.5, 0.6) is 0 Å². The molecule has 4 aromatic rings. The maximum atomic E-state index is 12.9. The maximum Gasteiger partial charge on any atom is 0.227 e. The molecule has 1 aliphatic heterocycles. The van der Waals surface area contributed by atoms with Crippen LogP contribution in [0.15, 0.2) is 72.8 Å². The molecule has 0 saturated carbocycles. The van der Waals surface area contributed by atoms with Crippen LogP contribution in [0.3, 0.4) is 0 Å². The summed E-state index contributed by atoms with van der Waals surface area (Å²) < 4.78 is 2.26. The van der Waals surface area contributed by atoms with Gasteiger partial charge in [-0.25, -0.2) is 4.98 Å². The Bertz CT molecular complexity index is 1250. The van der Waals surface area contributed by atoms with Gasteiger partial charge in [0, 0.05) is 25.4 Å². The number of aryl methyl sites for hydroxylation is 1. The van der Waals surface area contributed by atoms with Crippen molar-refractivity contribution in [3.63, 3.8) is 0 Å². The van der Waals surface area contributed by atoms with Crippen LogP contribution in [0.4, 0.5) is 5.69 Å². The zero-order valence-electron chi connectivity index (χ0n) is 16.8. The lowest BCUT2D eigenvalue weighted by atomic mass is 10.1. The number of hydrogen-bond donors (Lipinski definition) is 0. The predicted octanol–water partition coefficient (Wildman–Crippen LogP) is 5.57. The van der Waals surface area contributed by atoms with Crippen LogP contribution in [-0.2, 0) is 11.3 Å². The molecule has 0 aliphatic carbocycles. The normalized spacial score (nSPS) is 16.5. The molecular weight excluding hydrogens is 394 g/mol. The van der Waals surface area contributed by atoms with E-state index in [1.807, 2.05) is 42.5 Å². The van der Waals surface area contributed by atoms with Crippen LogP contribution in [0, 0.1) is 6.92 Å². The molecule has 150 valence electrons. The van der Waals surface area contributed by atoms with E-state index in [4.69, 9.17) is 16.6 Å². The van der Waals surface area contributed by atoms with Crippen LogP contribution >= 0.6 is 11.6 Å². The van der Waals surface area contributed by atoms with E-state index in [0.29, 0.717) is 18.0 Å². The number of aromatic nitrogens is 2. The van der Waals surface area contributed by atoms with Crippen molar-refractivity contribution in [3.8, 4) is 0 Å². The Labute approximate surface area is 180 Å². The zero-order valence-corrected chi connectivity index (χ0v) is 17.5. The number of para-hydroxylation sites is 3. The van der Waals surface area contributed by atoms with Crippen LogP contribution in [0.25, 0.3) is 11.0 Å². The van der Waals surface area contributed by atoms with Gasteiger partial charge in [-0.15, -0.1) is 0 Å². The summed E-state index contributed by atoms with van der Waals surface area (Å²) in [4.78, 5) is 19.6. The summed E-state index contributed by atoms with van der Waals surface area (Å²) in [6.45, 7) is 3.42. The molecule has 3 aromatic carbocycles. The van der Waals surface area contributed by atoms with Crippen LogP contribution in [-0.4, -0.2) is 22.0 Å². The molecule has 1 atom stereocenters. The molecule has 2 heterocycles. The van der Waals surface area contributed by atoms with Gasteiger partial charge in [0.1, 0.15) is 5.82 Å². The van der Waals surface area contributed by atoms with Crippen LogP contribution < -0.4 is 4.90 Å². The van der Waals surface area contributed by atoms with Crippen molar-refractivity contribution in [2.24, 2.45) is 0 Å². The average molecular weight is 416 g/mol. The molecule has 0 radical (unpaired) electrons. The minimum atomic E-state index is 0.0194. The molecule has 5 rings (SSSR count). The van der Waals surface area contributed by atoms with Gasteiger partial charge in [0.2, 0.25) is 5.91 Å². The van der Waals surface area contributed by atoms with Crippen molar-refractivity contribution in [2.75, 3.05) is 11.4 Å². The molecule has 0 bridgehead atoms. The third kappa shape index (κ3) is 3.37. The fourth-order valence-electron chi connectivity index (χ4n) is 4.35. The molecule has 4 nitrogen and oxygen atoms in total. The second kappa shape index (κ2) is 7.62. The van der Waals surface area contributed by atoms with Gasteiger partial charge in [-0.05, 0) is 36.8 Å². The smallest absolute Gasteiger partial charge is 0.227 e. The quantitative estimate of drug-likeness (QED) is 0.437. The molecule has 0 spiro atoms. The molecule has 1 saturated heterocycles. The molecule has 0 N–H and O–H groups in total. The Morgan fingerprint density at radius 3 is 2.67 bits per heavy atom. The Hall–Kier alpha value is -3.11. The molecule has 0 unspecified atom stereocenters. The van der Waals surface area contributed by atoms with Crippen LogP contribution in [0.1, 0.15) is 29.3 Å². The van der Waals surface area contributed by atoms with E-state index in [1.54, 1.807) is 4.90 Å². The molecule has 1 amide bonds. The number of carbonyl (C=O) groups is 1. The van der Waals surface area contributed by atoms with E-state index in [2.05, 4.69) is 41.8 Å². The van der Waals surface area contributed by atoms with Gasteiger partial charge in [0.25, 0.3) is 0 Å². The van der Waals surface area contributed by atoms with Crippen molar-refractivity contribution >= 4 is 34.2 Å². The van der Waals surface area contributed by atoms with Gasteiger partial charge in [0.15, 0.2) is 0 Å². The Kier molecular flexibility index (Phi) is 4.80. The summed E-state index contributed by atoms with van der Waals surface area (Å²) in [5.74, 6) is 1.06. The lowest BCUT2D eigenvalue weighted by Crippen LogP contribution is -2.24. The standard InChI is InChI=1S/C25H22ClN3O/c1-17-7-6-8-18(13-17)15-29-23-12-5-3-10-21(23)27-25(29)19-14-24(30)28(16-19)22-11-4-2-9-20(22)26/h2-13,19H,14-16H2,1H3/t19-/m0/s1. The molecule has 5 heteroatoms. The first-order valence-corrected chi connectivity index (χ1v) is 10.5. The molecule has 1 aliphatic rings. The first-order chi connectivity index (χ1) is 14.6. The molecular formula is C25H22ClN3O. The highest BCUT2D eigenvalue weighted by molar-refractivity contribution is 6.33. The van der Waals surface area contributed by atoms with E-state index < -0.39 is 0 Å². The number of nitrogens with zero attached hydrogens (tertiary/aromatic N) is 3. The maximum absolute atomic E-state index is 12.9. The number of imidazole rings is 1. The summed E-state index contributed by atoms with van der Waals surface area (Å²) in [5.41, 5.74) is 5.29. The third-order valence-electron chi connectivity index (χ3n) is 5.74. The number of benzene rings is 3. The Balaban J connectivity index is 1.54. The van der Waals surface area contributed by atoms with Crippen molar-refractivity contribution in [2.45, 2.75) is 25.8 Å². The van der Waals surface area contributed by atoms with Gasteiger partial charge >= 0.3 is 0 Å². The van der Waals surface area contributed by atoms with Gasteiger partial charge < -0.3 is 9.47 Å². The zero-order chi connectivity index (χ0) is 20.7.